The first kappa shape index (κ1) is 33.2. The summed E-state index contributed by atoms with van der Waals surface area (Å²) in [6, 6.07) is 12.5. The molecule has 1 fully saturated rings. The van der Waals surface area contributed by atoms with Crippen molar-refractivity contribution < 1.29 is 23.9 Å². The molecule has 11 nitrogen and oxygen atoms in total. The van der Waals surface area contributed by atoms with Crippen LogP contribution < -0.4 is 16.0 Å². The molecule has 1 aromatic carbocycles. The van der Waals surface area contributed by atoms with Crippen molar-refractivity contribution in [2.75, 3.05) is 24.6 Å². The number of carbonyl (C=O) groups is 3. The molecular weight excluding hydrogens is 568 g/mol. The Morgan fingerprint density at radius 2 is 1.77 bits per heavy atom. The molecule has 43 heavy (non-hydrogen) atoms. The van der Waals surface area contributed by atoms with Gasteiger partial charge >= 0.3 is 12.1 Å². The van der Waals surface area contributed by atoms with E-state index >= 15 is 0 Å². The van der Waals surface area contributed by atoms with Gasteiger partial charge in [-0.2, -0.15) is 10.5 Å². The second kappa shape index (κ2) is 14.3. The number of amides is 2. The Bertz CT molecular complexity index is 1420. The topological polar surface area (TPSA) is 171 Å². The lowest BCUT2D eigenvalue weighted by Crippen LogP contribution is -2.51. The molecule has 228 valence electrons. The van der Waals surface area contributed by atoms with E-state index < -0.39 is 34.9 Å². The van der Waals surface area contributed by atoms with Crippen LogP contribution >= 0.6 is 11.8 Å². The summed E-state index contributed by atoms with van der Waals surface area (Å²) in [6.45, 7) is 11.7. The van der Waals surface area contributed by atoms with E-state index in [2.05, 4.69) is 17.5 Å². The maximum atomic E-state index is 12.8. The van der Waals surface area contributed by atoms with Crippen molar-refractivity contribution in [3.8, 4) is 12.1 Å². The highest BCUT2D eigenvalue weighted by molar-refractivity contribution is 8.00. The Morgan fingerprint density at radius 3 is 2.28 bits per heavy atom. The van der Waals surface area contributed by atoms with Gasteiger partial charge in [0.25, 0.3) is 0 Å². The van der Waals surface area contributed by atoms with E-state index in [0.717, 1.165) is 11.8 Å². The first-order valence-electron chi connectivity index (χ1n) is 14.1. The molecule has 0 radical (unpaired) electrons. The van der Waals surface area contributed by atoms with Gasteiger partial charge in [-0.15, -0.1) is 0 Å². The van der Waals surface area contributed by atoms with Crippen LogP contribution in [0, 0.1) is 34.5 Å². The molecule has 3 rings (SSSR count). The summed E-state index contributed by atoms with van der Waals surface area (Å²) in [7, 11) is 0. The van der Waals surface area contributed by atoms with Crippen molar-refractivity contribution in [3.63, 3.8) is 0 Å². The Hall–Kier alpha value is -4.29. The number of aromatic nitrogens is 1. The Balaban J connectivity index is 1.76. The molecule has 3 N–H and O–H groups in total. The first-order valence-corrected chi connectivity index (χ1v) is 15.0. The van der Waals surface area contributed by atoms with Gasteiger partial charge in [-0.3, -0.25) is 4.79 Å². The molecule has 0 saturated carbocycles. The lowest BCUT2D eigenvalue weighted by atomic mass is 9.97. The largest absolute Gasteiger partial charge is 0.464 e. The molecule has 0 aliphatic carbocycles. The molecule has 2 atom stereocenters. The molecule has 1 aliphatic heterocycles. The number of nitrogens with two attached hydrogens (primary N) is 1. The van der Waals surface area contributed by atoms with Gasteiger partial charge in [0, 0.05) is 19.0 Å². The van der Waals surface area contributed by atoms with Crippen molar-refractivity contribution in [1.29, 1.82) is 10.5 Å². The fraction of sp³-hybridized carbons (Fsp3) is 0.484. The summed E-state index contributed by atoms with van der Waals surface area (Å²) in [6.07, 6.45) is -0.280. The average molecular weight is 607 g/mol. The van der Waals surface area contributed by atoms with Crippen molar-refractivity contribution in [1.82, 2.24) is 10.3 Å². The van der Waals surface area contributed by atoms with Crippen molar-refractivity contribution in [3.05, 3.63) is 52.6 Å². The third-order valence-corrected chi connectivity index (χ3v) is 7.99. The molecule has 1 saturated heterocycles. The number of nitriles is 2. The van der Waals surface area contributed by atoms with Crippen LogP contribution in [0.5, 0.6) is 0 Å². The number of esters is 1. The number of ether oxygens (including phenoxy) is 2. The summed E-state index contributed by atoms with van der Waals surface area (Å²) < 4.78 is 10.8. The zero-order valence-corrected chi connectivity index (χ0v) is 26.2. The standard InChI is InChI=1S/C31H38N6O5S/c1-7-21-22(13-32)27(36-28(23(21)14-33)43-25(26(34)38)20-11-9-8-10-12-20)37-15-19(16-37)17-41-29(39)24(18(2)3)35-30(40)42-31(4,5)6/h8-12,18-19,24-25H,7,15-17H2,1-6H3,(H2,34,38)(H,35,40)/t24-,25?/m0/s1. The van der Waals surface area contributed by atoms with Gasteiger partial charge in [0.2, 0.25) is 5.91 Å². The van der Waals surface area contributed by atoms with E-state index in [9.17, 15) is 24.9 Å². The Morgan fingerprint density at radius 1 is 1.14 bits per heavy atom. The highest BCUT2D eigenvalue weighted by Crippen LogP contribution is 2.40. The summed E-state index contributed by atoms with van der Waals surface area (Å²) in [5.41, 5.74) is 6.82. The summed E-state index contributed by atoms with van der Waals surface area (Å²) in [5, 5.41) is 22.2. The van der Waals surface area contributed by atoms with Crippen LogP contribution in [0.4, 0.5) is 10.6 Å². The lowest BCUT2D eigenvalue weighted by molar-refractivity contribution is -0.149. The molecule has 1 aromatic heterocycles. The number of nitrogens with zero attached hydrogens (tertiary/aromatic N) is 4. The van der Waals surface area contributed by atoms with E-state index in [1.807, 2.05) is 17.9 Å². The van der Waals surface area contributed by atoms with E-state index in [1.165, 1.54) is 0 Å². The predicted molar refractivity (Wildman–Crippen MR) is 162 cm³/mol. The van der Waals surface area contributed by atoms with Crippen molar-refractivity contribution in [2.24, 2.45) is 17.6 Å². The van der Waals surface area contributed by atoms with Crippen molar-refractivity contribution >= 4 is 35.5 Å². The predicted octanol–water partition coefficient (Wildman–Crippen LogP) is 4.23. The van der Waals surface area contributed by atoms with Gasteiger partial charge in [-0.1, -0.05) is 62.9 Å². The zero-order valence-electron chi connectivity index (χ0n) is 25.3. The third kappa shape index (κ3) is 8.39. The van der Waals surface area contributed by atoms with Crippen LogP contribution in [0.15, 0.2) is 35.4 Å². The van der Waals surface area contributed by atoms with E-state index in [1.54, 1.807) is 58.9 Å². The molecule has 1 aliphatic rings. The number of carbonyl (C=O) groups excluding carboxylic acids is 3. The fourth-order valence-corrected chi connectivity index (χ4v) is 5.66. The molecule has 2 amide bonds. The smallest absolute Gasteiger partial charge is 0.408 e. The van der Waals surface area contributed by atoms with Crippen LogP contribution in [0.1, 0.15) is 69.0 Å². The lowest BCUT2D eigenvalue weighted by Gasteiger charge is -2.40. The molecule has 1 unspecified atom stereocenters. The monoisotopic (exact) mass is 606 g/mol. The maximum absolute atomic E-state index is 12.8. The molecule has 12 heteroatoms. The maximum Gasteiger partial charge on any atom is 0.408 e. The number of thioether (sulfide) groups is 1. The quantitative estimate of drug-likeness (QED) is 0.278. The highest BCUT2D eigenvalue weighted by Gasteiger charge is 2.35. The SMILES string of the molecule is CCc1c(C#N)c(SC(C(N)=O)c2ccccc2)nc(N2CC(COC(=O)[C@@H](NC(=O)OC(C)(C)C)C(C)C)C2)c1C#N. The number of benzene rings is 1. The second-order valence-electron chi connectivity index (χ2n) is 11.6. The average Bonchev–Trinajstić information content (AvgIpc) is 2.92. The van der Waals surface area contributed by atoms with Crippen LogP contribution in [-0.2, 0) is 25.5 Å². The number of anilines is 1. The number of alkyl carbamates (subject to hydrolysis) is 1. The Labute approximate surface area is 256 Å². The van der Waals surface area contributed by atoms with Crippen LogP contribution in [-0.4, -0.2) is 54.3 Å². The molecule has 0 bridgehead atoms. The van der Waals surface area contributed by atoms with Gasteiger partial charge < -0.3 is 25.4 Å². The Kier molecular flexibility index (Phi) is 11.0. The summed E-state index contributed by atoms with van der Waals surface area (Å²) >= 11 is 1.09. The van der Waals surface area contributed by atoms with Gasteiger partial charge in [-0.05, 0) is 44.2 Å². The fourth-order valence-electron chi connectivity index (χ4n) is 4.60. The first-order chi connectivity index (χ1) is 20.3. The molecule has 0 spiro atoms. The number of hydrogen-bond acceptors (Lipinski definition) is 10. The van der Waals surface area contributed by atoms with Crippen LogP contribution in [0.2, 0.25) is 0 Å². The van der Waals surface area contributed by atoms with Crippen LogP contribution in [0.3, 0.4) is 0 Å². The summed E-state index contributed by atoms with van der Waals surface area (Å²) in [4.78, 5) is 44.0. The molecule has 2 aromatic rings. The van der Waals surface area contributed by atoms with Crippen molar-refractivity contribution in [2.45, 2.75) is 69.9 Å². The number of hydrogen-bond donors (Lipinski definition) is 2. The van der Waals surface area contributed by atoms with E-state index in [0.29, 0.717) is 47.0 Å². The minimum atomic E-state index is -0.870. The second-order valence-corrected chi connectivity index (χ2v) is 12.7. The van der Waals surface area contributed by atoms with Gasteiger partial charge in [0.05, 0.1) is 17.7 Å². The number of primary amides is 1. The number of rotatable bonds is 11. The normalized spacial score (nSPS) is 14.6. The minimum absolute atomic E-state index is 0.0360. The van der Waals surface area contributed by atoms with Gasteiger partial charge in [0.1, 0.15) is 39.9 Å². The number of pyridine rings is 1. The molecule has 2 heterocycles. The number of nitrogens with one attached hydrogen (secondary N) is 1. The third-order valence-electron chi connectivity index (χ3n) is 6.73. The highest BCUT2D eigenvalue weighted by atomic mass is 32.2. The van der Waals surface area contributed by atoms with E-state index in [4.69, 9.17) is 20.2 Å². The van der Waals surface area contributed by atoms with Crippen LogP contribution in [0.25, 0.3) is 0 Å². The van der Waals surface area contributed by atoms with Gasteiger partial charge in [0.15, 0.2) is 0 Å². The minimum Gasteiger partial charge on any atom is -0.464 e. The zero-order chi connectivity index (χ0) is 31.9. The van der Waals surface area contributed by atoms with Gasteiger partial charge in [-0.25, -0.2) is 14.6 Å². The molecular formula is C31H38N6O5S. The summed E-state index contributed by atoms with van der Waals surface area (Å²) in [5.74, 6) is -0.976. The van der Waals surface area contributed by atoms with E-state index in [-0.39, 0.29) is 24.0 Å².